The second-order valence-corrected chi connectivity index (χ2v) is 5.27. The molecule has 0 radical (unpaired) electrons. The molecule has 0 spiro atoms. The van der Waals surface area contributed by atoms with Crippen LogP contribution in [-0.2, 0) is 11.3 Å². The predicted molar refractivity (Wildman–Crippen MR) is 78.5 cm³/mol. The number of hydrogen-bond donors (Lipinski definition) is 2. The molecular weight excluding hydrogens is 252 g/mol. The second kappa shape index (κ2) is 5.13. The fourth-order valence-corrected chi connectivity index (χ4v) is 2.75. The highest BCUT2D eigenvalue weighted by atomic mass is 16.3. The van der Waals surface area contributed by atoms with E-state index in [1.165, 1.54) is 0 Å². The van der Waals surface area contributed by atoms with Gasteiger partial charge in [-0.05, 0) is 23.3 Å². The Balaban J connectivity index is 1.84. The first kappa shape index (κ1) is 12.9. The molecular formula is C16H18N2O2. The topological polar surface area (TPSA) is 52.6 Å². The summed E-state index contributed by atoms with van der Waals surface area (Å²) in [4.78, 5) is 13.6. The Morgan fingerprint density at radius 3 is 2.85 bits per heavy atom. The van der Waals surface area contributed by atoms with Crippen molar-refractivity contribution in [1.29, 1.82) is 0 Å². The Bertz CT molecular complexity index is 654. The number of nitrogens with one attached hydrogen (secondary N) is 1. The lowest BCUT2D eigenvalue weighted by Gasteiger charge is -2.14. The van der Waals surface area contributed by atoms with E-state index < -0.39 is 0 Å². The Morgan fingerprint density at radius 1 is 1.30 bits per heavy atom. The maximum atomic E-state index is 11.9. The maximum absolute atomic E-state index is 11.9. The Labute approximate surface area is 118 Å². The Morgan fingerprint density at radius 2 is 2.10 bits per heavy atom. The van der Waals surface area contributed by atoms with E-state index in [-0.39, 0.29) is 17.7 Å². The quantitative estimate of drug-likeness (QED) is 0.895. The largest absolute Gasteiger partial charge is 0.508 e. The number of aromatic hydroxyl groups is 1. The first-order chi connectivity index (χ1) is 9.66. The van der Waals surface area contributed by atoms with Crippen LogP contribution in [0.2, 0.25) is 0 Å². The van der Waals surface area contributed by atoms with E-state index in [9.17, 15) is 9.90 Å². The van der Waals surface area contributed by atoms with Crippen molar-refractivity contribution in [3.8, 4) is 5.75 Å². The molecule has 0 aliphatic carbocycles. The van der Waals surface area contributed by atoms with Crippen molar-refractivity contribution in [1.82, 2.24) is 10.2 Å². The molecule has 3 rings (SSSR count). The van der Waals surface area contributed by atoms with Crippen molar-refractivity contribution in [2.75, 3.05) is 13.6 Å². The van der Waals surface area contributed by atoms with Crippen LogP contribution in [0.15, 0.2) is 36.4 Å². The Kier molecular flexibility index (Phi) is 3.32. The van der Waals surface area contributed by atoms with E-state index in [0.29, 0.717) is 6.54 Å². The van der Waals surface area contributed by atoms with Crippen LogP contribution >= 0.6 is 0 Å². The number of carbonyl (C=O) groups excluding carboxylic acids is 1. The summed E-state index contributed by atoms with van der Waals surface area (Å²) >= 11 is 0. The van der Waals surface area contributed by atoms with Crippen LogP contribution in [0.25, 0.3) is 10.8 Å². The van der Waals surface area contributed by atoms with Crippen LogP contribution < -0.4 is 5.32 Å². The van der Waals surface area contributed by atoms with Gasteiger partial charge in [0.05, 0.1) is 6.04 Å². The summed E-state index contributed by atoms with van der Waals surface area (Å²) in [6.45, 7) is 1.29. The van der Waals surface area contributed by atoms with E-state index >= 15 is 0 Å². The number of fused-ring (bicyclic) bond motifs is 1. The van der Waals surface area contributed by atoms with Crippen LogP contribution in [0.4, 0.5) is 0 Å². The summed E-state index contributed by atoms with van der Waals surface area (Å²) in [6.07, 6.45) is 0.820. The van der Waals surface area contributed by atoms with Crippen molar-refractivity contribution in [2.45, 2.75) is 19.0 Å². The van der Waals surface area contributed by atoms with Gasteiger partial charge in [-0.1, -0.05) is 30.3 Å². The summed E-state index contributed by atoms with van der Waals surface area (Å²) in [7, 11) is 1.82. The lowest BCUT2D eigenvalue weighted by molar-refractivity contribution is -0.128. The summed E-state index contributed by atoms with van der Waals surface area (Å²) in [5, 5.41) is 15.4. The molecule has 0 aromatic heterocycles. The van der Waals surface area contributed by atoms with Crippen LogP contribution in [0, 0.1) is 0 Å². The van der Waals surface area contributed by atoms with Gasteiger partial charge in [0.25, 0.3) is 0 Å². The summed E-state index contributed by atoms with van der Waals surface area (Å²) in [5.41, 5.74) is 0.852. The zero-order valence-electron chi connectivity index (χ0n) is 11.5. The minimum atomic E-state index is -0.140. The molecule has 1 unspecified atom stereocenters. The third-order valence-electron chi connectivity index (χ3n) is 3.97. The molecule has 20 heavy (non-hydrogen) atoms. The van der Waals surface area contributed by atoms with Crippen LogP contribution in [-0.4, -0.2) is 35.5 Å². The number of likely N-dealkylation sites (N-methyl/N-ethyl adjacent to an activating group) is 1. The molecule has 1 saturated heterocycles. The van der Waals surface area contributed by atoms with E-state index in [1.54, 1.807) is 11.0 Å². The highest BCUT2D eigenvalue weighted by Gasteiger charge is 2.28. The zero-order chi connectivity index (χ0) is 14.1. The molecule has 0 saturated carbocycles. The lowest BCUT2D eigenvalue weighted by atomic mass is 10.0. The first-order valence-corrected chi connectivity index (χ1v) is 6.85. The van der Waals surface area contributed by atoms with Crippen molar-refractivity contribution in [3.63, 3.8) is 0 Å². The average Bonchev–Trinajstić information content (AvgIpc) is 2.78. The zero-order valence-corrected chi connectivity index (χ0v) is 11.5. The molecule has 1 aliphatic rings. The molecule has 104 valence electrons. The van der Waals surface area contributed by atoms with Crippen molar-refractivity contribution < 1.29 is 9.90 Å². The SMILES string of the molecule is CN1CCC(NCc2c(O)ccc3ccccc23)C1=O. The molecule has 0 bridgehead atoms. The lowest BCUT2D eigenvalue weighted by Crippen LogP contribution is -2.36. The van der Waals surface area contributed by atoms with E-state index in [2.05, 4.69) is 5.32 Å². The number of hydrogen-bond acceptors (Lipinski definition) is 3. The fraction of sp³-hybridized carbons (Fsp3) is 0.312. The van der Waals surface area contributed by atoms with Gasteiger partial charge in [0.15, 0.2) is 0 Å². The molecule has 2 aromatic carbocycles. The molecule has 1 aliphatic heterocycles. The summed E-state index contributed by atoms with van der Waals surface area (Å²) in [6, 6.07) is 11.4. The van der Waals surface area contributed by atoms with E-state index in [4.69, 9.17) is 0 Å². The minimum absolute atomic E-state index is 0.129. The van der Waals surface area contributed by atoms with Gasteiger partial charge < -0.3 is 15.3 Å². The van der Waals surface area contributed by atoms with Crippen LogP contribution in [0.3, 0.4) is 0 Å². The van der Waals surface area contributed by atoms with Gasteiger partial charge >= 0.3 is 0 Å². The predicted octanol–water partition coefficient (Wildman–Crippen LogP) is 1.87. The normalized spacial score (nSPS) is 18.9. The standard InChI is InChI=1S/C16H18N2O2/c1-18-9-8-14(16(18)20)17-10-13-12-5-3-2-4-11(12)6-7-15(13)19/h2-7,14,17,19H,8-10H2,1H3. The Hall–Kier alpha value is -2.07. The van der Waals surface area contributed by atoms with E-state index in [1.807, 2.05) is 37.4 Å². The first-order valence-electron chi connectivity index (χ1n) is 6.85. The van der Waals surface area contributed by atoms with Gasteiger partial charge in [-0.15, -0.1) is 0 Å². The van der Waals surface area contributed by atoms with Gasteiger partial charge in [-0.3, -0.25) is 4.79 Å². The maximum Gasteiger partial charge on any atom is 0.239 e. The molecule has 1 fully saturated rings. The number of benzene rings is 2. The molecule has 1 atom stereocenters. The van der Waals surface area contributed by atoms with Gasteiger partial charge in [0, 0.05) is 25.7 Å². The van der Waals surface area contributed by atoms with Crippen molar-refractivity contribution >= 4 is 16.7 Å². The third kappa shape index (κ3) is 2.23. The molecule has 1 heterocycles. The van der Waals surface area contributed by atoms with E-state index in [0.717, 1.165) is 29.3 Å². The third-order valence-corrected chi connectivity index (χ3v) is 3.97. The molecule has 2 aromatic rings. The average molecular weight is 270 g/mol. The molecule has 1 amide bonds. The number of nitrogens with zero attached hydrogens (tertiary/aromatic N) is 1. The minimum Gasteiger partial charge on any atom is -0.508 e. The second-order valence-electron chi connectivity index (χ2n) is 5.27. The number of phenolic OH excluding ortho intramolecular Hbond substituents is 1. The van der Waals surface area contributed by atoms with Gasteiger partial charge in [0.2, 0.25) is 5.91 Å². The van der Waals surface area contributed by atoms with Crippen molar-refractivity contribution in [2.24, 2.45) is 0 Å². The molecule has 2 N–H and O–H groups in total. The van der Waals surface area contributed by atoms with Crippen LogP contribution in [0.5, 0.6) is 5.75 Å². The van der Waals surface area contributed by atoms with Gasteiger partial charge in [-0.2, -0.15) is 0 Å². The number of rotatable bonds is 3. The highest BCUT2D eigenvalue weighted by Crippen LogP contribution is 2.27. The monoisotopic (exact) mass is 270 g/mol. The van der Waals surface area contributed by atoms with Gasteiger partial charge in [0.1, 0.15) is 5.75 Å². The van der Waals surface area contributed by atoms with Crippen molar-refractivity contribution in [3.05, 3.63) is 42.0 Å². The van der Waals surface area contributed by atoms with Crippen LogP contribution in [0.1, 0.15) is 12.0 Å². The summed E-state index contributed by atoms with van der Waals surface area (Å²) < 4.78 is 0. The summed E-state index contributed by atoms with van der Waals surface area (Å²) in [5.74, 6) is 0.403. The smallest absolute Gasteiger partial charge is 0.239 e. The number of likely N-dealkylation sites (tertiary alicyclic amines) is 1. The molecule has 4 nitrogen and oxygen atoms in total. The van der Waals surface area contributed by atoms with Gasteiger partial charge in [-0.25, -0.2) is 0 Å². The number of amides is 1. The molecule has 4 heteroatoms. The number of carbonyl (C=O) groups is 1. The fourth-order valence-electron chi connectivity index (χ4n) is 2.75. The number of phenols is 1. The highest BCUT2D eigenvalue weighted by molar-refractivity contribution is 5.88.